The van der Waals surface area contributed by atoms with Crippen LogP contribution in [0.15, 0.2) is 0 Å². The lowest BCUT2D eigenvalue weighted by Gasteiger charge is -2.19. The minimum atomic E-state index is 0.103. The molecule has 0 atom stereocenters. The maximum Gasteiger partial charge on any atom is 0.210 e. The molecule has 0 unspecified atom stereocenters. The molecule has 0 spiro atoms. The maximum absolute atomic E-state index is 10.9. The largest absolute Gasteiger partial charge is 0.336 e. The van der Waals surface area contributed by atoms with Gasteiger partial charge in [-0.1, -0.05) is 6.92 Å². The summed E-state index contributed by atoms with van der Waals surface area (Å²) in [6, 6.07) is 0.114. The molecule has 11 heavy (non-hydrogen) atoms. The van der Waals surface area contributed by atoms with E-state index in [0.717, 1.165) is 6.41 Å². The monoisotopic (exact) mass is 157 g/mol. The normalized spacial score (nSPS) is 9.82. The van der Waals surface area contributed by atoms with Crippen molar-refractivity contribution in [2.24, 2.45) is 0 Å². The van der Waals surface area contributed by atoms with Crippen LogP contribution in [0.1, 0.15) is 27.2 Å². The van der Waals surface area contributed by atoms with Gasteiger partial charge in [-0.25, -0.2) is 0 Å². The van der Waals surface area contributed by atoms with E-state index in [0.29, 0.717) is 6.42 Å². The van der Waals surface area contributed by atoms with Gasteiger partial charge in [0.1, 0.15) is 0 Å². The van der Waals surface area contributed by atoms with Crippen molar-refractivity contribution >= 4 is 12.2 Å². The summed E-state index contributed by atoms with van der Waals surface area (Å²) in [5, 5.41) is 0. The number of ketones is 1. The van der Waals surface area contributed by atoms with Gasteiger partial charge in [0.25, 0.3) is 0 Å². The SMILES string of the molecule is CCC(=O)CN(C=O)C(C)C. The second kappa shape index (κ2) is 4.88. The van der Waals surface area contributed by atoms with Crippen molar-refractivity contribution in [2.75, 3.05) is 6.54 Å². The quantitative estimate of drug-likeness (QED) is 0.554. The standard InChI is InChI=1S/C8H15NO2/c1-4-8(11)5-9(6-10)7(2)3/h6-7H,4-5H2,1-3H3. The summed E-state index contributed by atoms with van der Waals surface area (Å²) in [4.78, 5) is 22.7. The first-order valence-electron chi connectivity index (χ1n) is 3.84. The van der Waals surface area contributed by atoms with E-state index in [4.69, 9.17) is 0 Å². The molecule has 0 aliphatic rings. The fraction of sp³-hybridized carbons (Fsp3) is 0.750. The molecular weight excluding hydrogens is 142 g/mol. The summed E-state index contributed by atoms with van der Waals surface area (Å²) < 4.78 is 0. The Hall–Kier alpha value is -0.860. The number of rotatable bonds is 5. The van der Waals surface area contributed by atoms with Gasteiger partial charge < -0.3 is 4.90 Å². The van der Waals surface area contributed by atoms with E-state index < -0.39 is 0 Å². The smallest absolute Gasteiger partial charge is 0.210 e. The Labute approximate surface area is 67.4 Å². The highest BCUT2D eigenvalue weighted by Gasteiger charge is 2.09. The molecule has 0 N–H and O–H groups in total. The van der Waals surface area contributed by atoms with E-state index in [1.54, 1.807) is 6.92 Å². The van der Waals surface area contributed by atoms with E-state index in [9.17, 15) is 9.59 Å². The number of carbonyl (C=O) groups is 2. The lowest BCUT2D eigenvalue weighted by atomic mass is 10.2. The van der Waals surface area contributed by atoms with Crippen LogP contribution in [0.5, 0.6) is 0 Å². The molecule has 0 fully saturated rings. The third-order valence-corrected chi connectivity index (χ3v) is 1.55. The molecule has 3 nitrogen and oxygen atoms in total. The average molecular weight is 157 g/mol. The van der Waals surface area contributed by atoms with Gasteiger partial charge in [-0.3, -0.25) is 9.59 Å². The van der Waals surface area contributed by atoms with Gasteiger partial charge in [0, 0.05) is 12.5 Å². The number of Topliss-reactive ketones (excluding diaryl/α,β-unsaturated/α-hetero) is 1. The van der Waals surface area contributed by atoms with E-state index in [-0.39, 0.29) is 18.4 Å². The first-order chi connectivity index (χ1) is 5.11. The molecule has 0 saturated heterocycles. The molecule has 0 aliphatic heterocycles. The highest BCUT2D eigenvalue weighted by Crippen LogP contribution is 1.94. The minimum absolute atomic E-state index is 0.103. The zero-order valence-electron chi connectivity index (χ0n) is 7.33. The molecule has 0 aromatic heterocycles. The van der Waals surface area contributed by atoms with E-state index in [2.05, 4.69) is 0 Å². The Morgan fingerprint density at radius 3 is 2.36 bits per heavy atom. The number of nitrogens with zero attached hydrogens (tertiary/aromatic N) is 1. The summed E-state index contributed by atoms with van der Waals surface area (Å²) in [5.41, 5.74) is 0. The molecule has 64 valence electrons. The van der Waals surface area contributed by atoms with E-state index >= 15 is 0 Å². The van der Waals surface area contributed by atoms with Crippen molar-refractivity contribution < 1.29 is 9.59 Å². The topological polar surface area (TPSA) is 37.4 Å². The van der Waals surface area contributed by atoms with Gasteiger partial charge >= 0.3 is 0 Å². The van der Waals surface area contributed by atoms with Gasteiger partial charge in [-0.05, 0) is 13.8 Å². The molecule has 0 bridgehead atoms. The predicted octanol–water partition coefficient (Wildman–Crippen LogP) is 0.832. The highest BCUT2D eigenvalue weighted by atomic mass is 16.1. The van der Waals surface area contributed by atoms with Crippen LogP contribution in [0.3, 0.4) is 0 Å². The number of hydrogen-bond donors (Lipinski definition) is 0. The number of amides is 1. The van der Waals surface area contributed by atoms with Crippen molar-refractivity contribution in [3.05, 3.63) is 0 Å². The van der Waals surface area contributed by atoms with Gasteiger partial charge in [0.05, 0.1) is 6.54 Å². The van der Waals surface area contributed by atoms with Gasteiger partial charge in [-0.15, -0.1) is 0 Å². The van der Waals surface area contributed by atoms with Crippen LogP contribution in [0.4, 0.5) is 0 Å². The summed E-state index contributed by atoms with van der Waals surface area (Å²) >= 11 is 0. The molecule has 0 saturated carbocycles. The van der Waals surface area contributed by atoms with Gasteiger partial charge in [0.2, 0.25) is 6.41 Å². The summed E-state index contributed by atoms with van der Waals surface area (Å²) in [5.74, 6) is 0.103. The first-order valence-corrected chi connectivity index (χ1v) is 3.84. The summed E-state index contributed by atoms with van der Waals surface area (Å²) in [7, 11) is 0. The first kappa shape index (κ1) is 10.1. The molecule has 0 rings (SSSR count). The molecule has 3 heteroatoms. The third kappa shape index (κ3) is 3.75. The van der Waals surface area contributed by atoms with Crippen LogP contribution in [0.2, 0.25) is 0 Å². The highest BCUT2D eigenvalue weighted by molar-refractivity contribution is 5.81. The Bertz CT molecular complexity index is 143. The minimum Gasteiger partial charge on any atom is -0.336 e. The third-order valence-electron chi connectivity index (χ3n) is 1.55. The van der Waals surface area contributed by atoms with Crippen LogP contribution in [-0.4, -0.2) is 29.7 Å². The zero-order valence-corrected chi connectivity index (χ0v) is 7.33. The molecule has 0 aliphatic carbocycles. The van der Waals surface area contributed by atoms with Crippen molar-refractivity contribution in [1.82, 2.24) is 4.90 Å². The lowest BCUT2D eigenvalue weighted by Crippen LogP contribution is -2.34. The molecular formula is C8H15NO2. The van der Waals surface area contributed by atoms with Gasteiger partial charge in [0.15, 0.2) is 5.78 Å². The van der Waals surface area contributed by atoms with E-state index in [1.165, 1.54) is 4.90 Å². The summed E-state index contributed by atoms with van der Waals surface area (Å²) in [6.45, 7) is 5.82. The van der Waals surface area contributed by atoms with Crippen LogP contribution < -0.4 is 0 Å². The number of hydrogen-bond acceptors (Lipinski definition) is 2. The van der Waals surface area contributed by atoms with Crippen molar-refractivity contribution in [3.63, 3.8) is 0 Å². The predicted molar refractivity (Wildman–Crippen MR) is 43.2 cm³/mol. The van der Waals surface area contributed by atoms with Crippen molar-refractivity contribution in [1.29, 1.82) is 0 Å². The Morgan fingerprint density at radius 2 is 2.09 bits per heavy atom. The fourth-order valence-electron chi connectivity index (χ4n) is 0.657. The summed E-state index contributed by atoms with van der Waals surface area (Å²) in [6.07, 6.45) is 1.22. The average Bonchev–Trinajstić information content (AvgIpc) is 1.99. The van der Waals surface area contributed by atoms with Crippen molar-refractivity contribution in [2.45, 2.75) is 33.2 Å². The molecule has 0 heterocycles. The molecule has 0 aromatic carbocycles. The Kier molecular flexibility index (Phi) is 4.50. The maximum atomic E-state index is 10.9. The molecule has 1 amide bonds. The van der Waals surface area contributed by atoms with Gasteiger partial charge in [-0.2, -0.15) is 0 Å². The van der Waals surface area contributed by atoms with Crippen LogP contribution >= 0.6 is 0 Å². The van der Waals surface area contributed by atoms with Crippen LogP contribution in [0, 0.1) is 0 Å². The lowest BCUT2D eigenvalue weighted by molar-refractivity contribution is -0.127. The number of carbonyl (C=O) groups excluding carboxylic acids is 2. The fourth-order valence-corrected chi connectivity index (χ4v) is 0.657. The molecule has 0 aromatic rings. The molecule has 0 radical (unpaired) electrons. The second-order valence-corrected chi connectivity index (χ2v) is 2.76. The van der Waals surface area contributed by atoms with Crippen molar-refractivity contribution in [3.8, 4) is 0 Å². The Balaban J connectivity index is 3.87. The Morgan fingerprint density at radius 1 is 1.55 bits per heavy atom. The zero-order chi connectivity index (χ0) is 8.85. The second-order valence-electron chi connectivity index (χ2n) is 2.76. The van der Waals surface area contributed by atoms with Crippen LogP contribution in [-0.2, 0) is 9.59 Å². The van der Waals surface area contributed by atoms with E-state index in [1.807, 2.05) is 13.8 Å². The van der Waals surface area contributed by atoms with Crippen LogP contribution in [0.25, 0.3) is 0 Å².